The standard InChI is InChI=1S/C26H38N2O3S/c1-7-31-26-17-24(4,5)16-25(6,18-26)14-19-13-23(2,3)15-21(22(19)26)27-28-32(29,30)20-11-9-8-10-12-20/h8-12,28H,7,13-18H2,1-6H3. The lowest BCUT2D eigenvalue weighted by Crippen LogP contribution is -2.56. The zero-order valence-corrected chi connectivity index (χ0v) is 21.2. The number of rotatable bonds is 5. The van der Waals surface area contributed by atoms with E-state index in [1.54, 1.807) is 30.3 Å². The topological polar surface area (TPSA) is 67.8 Å². The average molecular weight is 459 g/mol. The summed E-state index contributed by atoms with van der Waals surface area (Å²) in [4.78, 5) is 2.77. The largest absolute Gasteiger partial charge is 0.370 e. The van der Waals surface area contributed by atoms with E-state index in [1.165, 1.54) is 17.6 Å². The molecule has 32 heavy (non-hydrogen) atoms. The molecule has 2 unspecified atom stereocenters. The molecule has 0 radical (unpaired) electrons. The molecule has 1 fully saturated rings. The normalized spacial score (nSPS) is 32.5. The summed E-state index contributed by atoms with van der Waals surface area (Å²) < 4.78 is 32.4. The second-order valence-electron chi connectivity index (χ2n) is 12.1. The summed E-state index contributed by atoms with van der Waals surface area (Å²) in [7, 11) is -3.72. The van der Waals surface area contributed by atoms with E-state index in [2.05, 4.69) is 51.5 Å². The predicted molar refractivity (Wildman–Crippen MR) is 129 cm³/mol. The van der Waals surface area contributed by atoms with Crippen molar-refractivity contribution in [3.8, 4) is 0 Å². The van der Waals surface area contributed by atoms with Gasteiger partial charge in [0.1, 0.15) is 0 Å². The van der Waals surface area contributed by atoms with Gasteiger partial charge in [-0.15, -0.1) is 0 Å². The summed E-state index contributed by atoms with van der Waals surface area (Å²) in [5.74, 6) is 0. The third-order valence-corrected chi connectivity index (χ3v) is 8.46. The lowest BCUT2D eigenvalue weighted by Gasteiger charge is -2.59. The maximum atomic E-state index is 12.9. The van der Waals surface area contributed by atoms with Crippen LogP contribution in [0.25, 0.3) is 0 Å². The summed E-state index contributed by atoms with van der Waals surface area (Å²) >= 11 is 0. The highest BCUT2D eigenvalue weighted by atomic mass is 32.2. The first-order valence-corrected chi connectivity index (χ1v) is 13.3. The molecule has 0 aliphatic heterocycles. The van der Waals surface area contributed by atoms with E-state index in [0.29, 0.717) is 6.61 Å². The number of nitrogens with zero attached hydrogens (tertiary/aromatic N) is 1. The van der Waals surface area contributed by atoms with Crippen molar-refractivity contribution in [3.63, 3.8) is 0 Å². The molecule has 1 saturated carbocycles. The van der Waals surface area contributed by atoms with E-state index in [4.69, 9.17) is 4.74 Å². The van der Waals surface area contributed by atoms with Gasteiger partial charge in [-0.2, -0.15) is 18.4 Å². The Morgan fingerprint density at radius 3 is 2.28 bits per heavy atom. The molecule has 176 valence electrons. The van der Waals surface area contributed by atoms with Gasteiger partial charge in [0.25, 0.3) is 10.0 Å². The van der Waals surface area contributed by atoms with Crippen LogP contribution >= 0.6 is 0 Å². The van der Waals surface area contributed by atoms with Gasteiger partial charge in [0.05, 0.1) is 16.2 Å². The Hall–Kier alpha value is -1.66. The van der Waals surface area contributed by atoms with Gasteiger partial charge in [-0.1, -0.05) is 58.4 Å². The number of allylic oxidation sites excluding steroid dienone is 1. The van der Waals surface area contributed by atoms with Crippen LogP contribution in [0.1, 0.15) is 80.1 Å². The van der Waals surface area contributed by atoms with Crippen molar-refractivity contribution < 1.29 is 13.2 Å². The maximum absolute atomic E-state index is 12.9. The van der Waals surface area contributed by atoms with Crippen LogP contribution in [-0.4, -0.2) is 26.3 Å². The van der Waals surface area contributed by atoms with Gasteiger partial charge >= 0.3 is 0 Å². The Morgan fingerprint density at radius 1 is 0.938 bits per heavy atom. The van der Waals surface area contributed by atoms with Gasteiger partial charge in [0, 0.05) is 12.2 Å². The summed E-state index contributed by atoms with van der Waals surface area (Å²) in [6, 6.07) is 8.44. The third kappa shape index (κ3) is 4.41. The molecule has 2 bridgehead atoms. The van der Waals surface area contributed by atoms with Crippen LogP contribution in [0.15, 0.2) is 51.5 Å². The monoisotopic (exact) mass is 458 g/mol. The summed E-state index contributed by atoms with van der Waals surface area (Å²) in [5, 5.41) is 4.60. The van der Waals surface area contributed by atoms with Gasteiger partial charge in [0.15, 0.2) is 0 Å². The van der Waals surface area contributed by atoms with Crippen LogP contribution in [0.2, 0.25) is 0 Å². The minimum absolute atomic E-state index is 0.0285. The first-order chi connectivity index (χ1) is 14.8. The molecule has 2 atom stereocenters. The van der Waals surface area contributed by atoms with Crippen molar-refractivity contribution in [3.05, 3.63) is 41.5 Å². The molecule has 0 spiro atoms. The molecule has 1 aromatic carbocycles. The first-order valence-electron chi connectivity index (χ1n) is 11.8. The molecule has 0 saturated heterocycles. The average Bonchev–Trinajstić information content (AvgIpc) is 2.63. The van der Waals surface area contributed by atoms with Gasteiger partial charge in [-0.05, 0) is 73.8 Å². The highest BCUT2D eigenvalue weighted by molar-refractivity contribution is 7.89. The zero-order chi connectivity index (χ0) is 23.4. The molecule has 0 heterocycles. The Balaban J connectivity index is 1.81. The van der Waals surface area contributed by atoms with Crippen LogP contribution in [-0.2, 0) is 14.8 Å². The lowest BCUT2D eigenvalue weighted by atomic mass is 9.49. The highest BCUT2D eigenvalue weighted by Crippen LogP contribution is 2.62. The second-order valence-corrected chi connectivity index (χ2v) is 13.7. The number of fused-ring (bicyclic) bond motifs is 3. The maximum Gasteiger partial charge on any atom is 0.276 e. The van der Waals surface area contributed by atoms with Gasteiger partial charge in [0.2, 0.25) is 0 Å². The Morgan fingerprint density at radius 2 is 1.62 bits per heavy atom. The lowest BCUT2D eigenvalue weighted by molar-refractivity contribution is -0.114. The molecule has 5 nitrogen and oxygen atoms in total. The van der Waals surface area contributed by atoms with E-state index < -0.39 is 15.6 Å². The Labute approximate surface area is 193 Å². The quantitative estimate of drug-likeness (QED) is 0.564. The van der Waals surface area contributed by atoms with Crippen molar-refractivity contribution in [1.29, 1.82) is 0 Å². The molecule has 1 N–H and O–H groups in total. The fourth-order valence-corrected chi connectivity index (χ4v) is 8.00. The molecule has 3 aliphatic rings. The van der Waals surface area contributed by atoms with Crippen LogP contribution in [0.3, 0.4) is 0 Å². The first kappa shape index (κ1) is 23.5. The molecule has 0 aromatic heterocycles. The number of sulfonamides is 1. The van der Waals surface area contributed by atoms with Gasteiger partial charge in [-0.3, -0.25) is 0 Å². The zero-order valence-electron chi connectivity index (χ0n) is 20.4. The molecule has 0 amide bonds. The molecular formula is C26H38N2O3S. The Kier molecular flexibility index (Phi) is 5.65. The number of nitrogens with one attached hydrogen (secondary N) is 1. The number of hydrazone groups is 1. The third-order valence-electron chi connectivity index (χ3n) is 7.23. The molecule has 4 rings (SSSR count). The van der Waals surface area contributed by atoms with E-state index in [1.807, 2.05) is 0 Å². The number of ether oxygens (including phenoxy) is 1. The minimum atomic E-state index is -3.72. The molecule has 6 heteroatoms. The SMILES string of the molecule is CCOC12CC(C)(C)CC(C)(CC3=C1C(=NNS(=O)(=O)c1ccccc1)CC(C)(C)C3)C2. The molecule has 3 aliphatic carbocycles. The molecule has 1 aromatic rings. The van der Waals surface area contributed by atoms with Crippen LogP contribution in [0.4, 0.5) is 0 Å². The number of benzene rings is 1. The van der Waals surface area contributed by atoms with Crippen molar-refractivity contribution in [1.82, 2.24) is 4.83 Å². The van der Waals surface area contributed by atoms with Gasteiger partial charge in [-0.25, -0.2) is 0 Å². The van der Waals surface area contributed by atoms with Crippen LogP contribution < -0.4 is 4.83 Å². The summed E-state index contributed by atoms with van der Waals surface area (Å²) in [6.07, 6.45) is 5.87. The summed E-state index contributed by atoms with van der Waals surface area (Å²) in [6.45, 7) is 14.3. The predicted octanol–water partition coefficient (Wildman–Crippen LogP) is 5.83. The van der Waals surface area contributed by atoms with E-state index in [9.17, 15) is 8.42 Å². The van der Waals surface area contributed by atoms with Crippen LogP contribution in [0, 0.1) is 16.2 Å². The highest BCUT2D eigenvalue weighted by Gasteiger charge is 2.57. The van der Waals surface area contributed by atoms with Crippen molar-refractivity contribution >= 4 is 15.7 Å². The van der Waals surface area contributed by atoms with E-state index >= 15 is 0 Å². The summed E-state index contributed by atoms with van der Waals surface area (Å²) in [5.41, 5.74) is 3.42. The van der Waals surface area contributed by atoms with Crippen molar-refractivity contribution in [2.75, 3.05) is 6.61 Å². The minimum Gasteiger partial charge on any atom is -0.370 e. The smallest absolute Gasteiger partial charge is 0.276 e. The fourth-order valence-electron chi connectivity index (χ4n) is 7.15. The van der Waals surface area contributed by atoms with E-state index in [0.717, 1.165) is 37.8 Å². The fraction of sp³-hybridized carbons (Fsp3) is 0.654. The van der Waals surface area contributed by atoms with Crippen molar-refractivity contribution in [2.45, 2.75) is 90.6 Å². The van der Waals surface area contributed by atoms with E-state index in [-0.39, 0.29) is 21.1 Å². The molecular weight excluding hydrogens is 420 g/mol. The van der Waals surface area contributed by atoms with Crippen LogP contribution in [0.5, 0.6) is 0 Å². The second kappa shape index (κ2) is 7.69. The van der Waals surface area contributed by atoms with Crippen molar-refractivity contribution in [2.24, 2.45) is 21.3 Å². The number of hydrogen-bond acceptors (Lipinski definition) is 4. The Bertz CT molecular complexity index is 1060. The number of hydrogen-bond donors (Lipinski definition) is 1. The van der Waals surface area contributed by atoms with Gasteiger partial charge < -0.3 is 4.74 Å².